The van der Waals surface area contributed by atoms with Crippen molar-refractivity contribution in [3.8, 4) is 5.75 Å². The highest BCUT2D eigenvalue weighted by atomic mass is 16.5. The minimum atomic E-state index is -1.28. The zero-order chi connectivity index (χ0) is 20.0. The molecule has 2 aromatic rings. The fraction of sp³-hybridized carbons (Fsp3) is 0.286. The van der Waals surface area contributed by atoms with Gasteiger partial charge in [-0.05, 0) is 50.6 Å². The van der Waals surface area contributed by atoms with Crippen molar-refractivity contribution in [1.29, 1.82) is 0 Å². The second kappa shape index (κ2) is 8.49. The third-order valence-electron chi connectivity index (χ3n) is 4.27. The van der Waals surface area contributed by atoms with Crippen LogP contribution in [0.1, 0.15) is 36.7 Å². The minimum Gasteiger partial charge on any atom is -0.497 e. The van der Waals surface area contributed by atoms with Crippen molar-refractivity contribution in [3.63, 3.8) is 0 Å². The summed E-state index contributed by atoms with van der Waals surface area (Å²) in [7, 11) is 1.59. The van der Waals surface area contributed by atoms with Gasteiger partial charge in [0.25, 0.3) is 0 Å². The number of ketones is 1. The number of hydrogen-bond donors (Lipinski definition) is 2. The van der Waals surface area contributed by atoms with Gasteiger partial charge in [-0.3, -0.25) is 14.4 Å². The van der Waals surface area contributed by atoms with E-state index >= 15 is 0 Å². The molecule has 2 aromatic carbocycles. The molecule has 2 rings (SSSR count). The van der Waals surface area contributed by atoms with Crippen molar-refractivity contribution in [1.82, 2.24) is 5.32 Å². The highest BCUT2D eigenvalue weighted by molar-refractivity contribution is 6.10. The van der Waals surface area contributed by atoms with Gasteiger partial charge in [0, 0.05) is 17.8 Å². The van der Waals surface area contributed by atoms with Gasteiger partial charge in [0.05, 0.1) is 7.11 Å². The largest absolute Gasteiger partial charge is 0.497 e. The Morgan fingerprint density at radius 1 is 1.00 bits per heavy atom. The average Bonchev–Trinajstić information content (AvgIpc) is 2.66. The molecule has 0 spiro atoms. The molecule has 142 valence electrons. The Kier molecular flexibility index (Phi) is 6.34. The maximum absolute atomic E-state index is 12.6. The summed E-state index contributed by atoms with van der Waals surface area (Å²) in [5, 5.41) is 5.48. The van der Waals surface area contributed by atoms with Gasteiger partial charge < -0.3 is 15.4 Å². The van der Waals surface area contributed by atoms with Crippen LogP contribution < -0.4 is 15.4 Å². The Labute approximate surface area is 158 Å². The first kappa shape index (κ1) is 20.2. The van der Waals surface area contributed by atoms with Crippen molar-refractivity contribution in [2.24, 2.45) is 5.41 Å². The molecule has 0 bridgehead atoms. The zero-order valence-corrected chi connectivity index (χ0v) is 16.0. The van der Waals surface area contributed by atoms with Crippen LogP contribution in [0, 0.1) is 5.41 Å². The normalized spacial score (nSPS) is 10.8. The lowest BCUT2D eigenvalue weighted by atomic mass is 9.90. The molecule has 0 radical (unpaired) electrons. The molecule has 0 heterocycles. The standard InChI is InChI=1S/C21H24N2O4/c1-14(24)16-6-5-7-17(12-16)23-20(26)21(2,3)19(25)22-13-15-8-10-18(27-4)11-9-15/h5-12H,13H2,1-4H3,(H,22,25)(H,23,26). The molecule has 0 saturated carbocycles. The maximum atomic E-state index is 12.6. The Morgan fingerprint density at radius 2 is 1.67 bits per heavy atom. The molecule has 0 aliphatic rings. The molecule has 0 saturated heterocycles. The number of methoxy groups -OCH3 is 1. The van der Waals surface area contributed by atoms with E-state index in [0.29, 0.717) is 17.8 Å². The van der Waals surface area contributed by atoms with E-state index in [2.05, 4.69) is 10.6 Å². The lowest BCUT2D eigenvalue weighted by Gasteiger charge is -2.23. The molecular weight excluding hydrogens is 344 g/mol. The van der Waals surface area contributed by atoms with Crippen LogP contribution in [0.3, 0.4) is 0 Å². The number of ether oxygens (including phenoxy) is 1. The molecule has 0 aliphatic carbocycles. The summed E-state index contributed by atoms with van der Waals surface area (Å²) in [6.07, 6.45) is 0. The number of nitrogens with one attached hydrogen (secondary N) is 2. The number of carbonyl (C=O) groups is 3. The van der Waals surface area contributed by atoms with Crippen LogP contribution in [-0.4, -0.2) is 24.7 Å². The highest BCUT2D eigenvalue weighted by Gasteiger charge is 2.36. The van der Waals surface area contributed by atoms with Gasteiger partial charge in [0.2, 0.25) is 11.8 Å². The molecule has 6 nitrogen and oxygen atoms in total. The third-order valence-corrected chi connectivity index (χ3v) is 4.27. The minimum absolute atomic E-state index is 0.0948. The monoisotopic (exact) mass is 368 g/mol. The summed E-state index contributed by atoms with van der Waals surface area (Å²) in [4.78, 5) is 36.6. The van der Waals surface area contributed by atoms with Gasteiger partial charge in [-0.1, -0.05) is 24.3 Å². The predicted molar refractivity (Wildman–Crippen MR) is 104 cm³/mol. The predicted octanol–water partition coefficient (Wildman–Crippen LogP) is 3.18. The second-order valence-electron chi connectivity index (χ2n) is 6.75. The molecule has 2 N–H and O–H groups in total. The number of rotatable bonds is 7. The SMILES string of the molecule is COc1ccc(CNC(=O)C(C)(C)C(=O)Nc2cccc(C(C)=O)c2)cc1. The first-order valence-corrected chi connectivity index (χ1v) is 8.57. The molecule has 2 amide bonds. The fourth-order valence-corrected chi connectivity index (χ4v) is 2.35. The highest BCUT2D eigenvalue weighted by Crippen LogP contribution is 2.20. The molecule has 0 unspecified atom stereocenters. The Bertz CT molecular complexity index is 842. The molecule has 6 heteroatoms. The smallest absolute Gasteiger partial charge is 0.239 e. The van der Waals surface area contributed by atoms with Crippen LogP contribution in [0.4, 0.5) is 5.69 Å². The number of anilines is 1. The number of benzene rings is 2. The summed E-state index contributed by atoms with van der Waals surface area (Å²) >= 11 is 0. The summed E-state index contributed by atoms with van der Waals surface area (Å²) in [6, 6.07) is 13.9. The summed E-state index contributed by atoms with van der Waals surface area (Å²) < 4.78 is 5.10. The molecular formula is C21H24N2O4. The lowest BCUT2D eigenvalue weighted by Crippen LogP contribution is -2.44. The van der Waals surface area contributed by atoms with Gasteiger partial charge in [-0.2, -0.15) is 0 Å². The number of amides is 2. The van der Waals surface area contributed by atoms with Crippen molar-refractivity contribution < 1.29 is 19.1 Å². The van der Waals surface area contributed by atoms with E-state index in [1.807, 2.05) is 12.1 Å². The molecule has 0 aliphatic heterocycles. The molecule has 0 fully saturated rings. The molecule has 0 aromatic heterocycles. The Balaban J connectivity index is 2.00. The van der Waals surface area contributed by atoms with Gasteiger partial charge in [-0.15, -0.1) is 0 Å². The topological polar surface area (TPSA) is 84.5 Å². The van der Waals surface area contributed by atoms with Crippen LogP contribution in [0.15, 0.2) is 48.5 Å². The number of Topliss-reactive ketones (excluding diaryl/α,β-unsaturated/α-hetero) is 1. The van der Waals surface area contributed by atoms with Gasteiger partial charge in [-0.25, -0.2) is 0 Å². The number of carbonyl (C=O) groups excluding carboxylic acids is 3. The summed E-state index contributed by atoms with van der Waals surface area (Å²) in [5.41, 5.74) is 0.589. The second-order valence-corrected chi connectivity index (χ2v) is 6.75. The first-order valence-electron chi connectivity index (χ1n) is 8.57. The van der Waals surface area contributed by atoms with Crippen LogP contribution in [0.5, 0.6) is 5.75 Å². The van der Waals surface area contributed by atoms with Crippen molar-refractivity contribution >= 4 is 23.3 Å². The summed E-state index contributed by atoms with van der Waals surface area (Å²) in [6.45, 7) is 4.87. The number of hydrogen-bond acceptors (Lipinski definition) is 4. The van der Waals surface area contributed by atoms with Gasteiger partial charge in [0.15, 0.2) is 5.78 Å². The first-order chi connectivity index (χ1) is 12.7. The van der Waals surface area contributed by atoms with Crippen molar-refractivity contribution in [2.75, 3.05) is 12.4 Å². The van der Waals surface area contributed by atoms with E-state index < -0.39 is 17.2 Å². The van der Waals surface area contributed by atoms with E-state index in [1.54, 1.807) is 57.4 Å². The quantitative estimate of drug-likeness (QED) is 0.581. The summed E-state index contributed by atoms with van der Waals surface area (Å²) in [5.74, 6) is -0.200. The van der Waals surface area contributed by atoms with Gasteiger partial charge in [0.1, 0.15) is 11.2 Å². The fourth-order valence-electron chi connectivity index (χ4n) is 2.35. The van der Waals surface area contributed by atoms with E-state index in [4.69, 9.17) is 4.74 Å². The molecule has 27 heavy (non-hydrogen) atoms. The van der Waals surface area contributed by atoms with Gasteiger partial charge >= 0.3 is 0 Å². The Hall–Kier alpha value is -3.15. The van der Waals surface area contributed by atoms with Crippen molar-refractivity contribution in [3.05, 3.63) is 59.7 Å². The third kappa shape index (κ3) is 5.17. The average molecular weight is 368 g/mol. The molecule has 0 atom stereocenters. The van der Waals surface area contributed by atoms with E-state index in [0.717, 1.165) is 11.3 Å². The van der Waals surface area contributed by atoms with E-state index in [9.17, 15) is 14.4 Å². The zero-order valence-electron chi connectivity index (χ0n) is 16.0. The maximum Gasteiger partial charge on any atom is 0.239 e. The van der Waals surface area contributed by atoms with E-state index in [1.165, 1.54) is 6.92 Å². The van der Waals surface area contributed by atoms with Crippen molar-refractivity contribution in [2.45, 2.75) is 27.3 Å². The Morgan fingerprint density at radius 3 is 2.26 bits per heavy atom. The van der Waals surface area contributed by atoms with Crippen LogP contribution >= 0.6 is 0 Å². The lowest BCUT2D eigenvalue weighted by molar-refractivity contribution is -0.138. The van der Waals surface area contributed by atoms with E-state index in [-0.39, 0.29) is 5.78 Å². The van der Waals surface area contributed by atoms with Crippen LogP contribution in [-0.2, 0) is 16.1 Å². The van der Waals surface area contributed by atoms with Crippen LogP contribution in [0.25, 0.3) is 0 Å². The van der Waals surface area contributed by atoms with Crippen LogP contribution in [0.2, 0.25) is 0 Å².